The molecule has 1 aliphatic rings. The van der Waals surface area contributed by atoms with Crippen molar-refractivity contribution in [1.82, 2.24) is 15.1 Å². The van der Waals surface area contributed by atoms with Crippen LogP contribution < -0.4 is 4.74 Å². The number of rotatable bonds is 8. The first-order valence-corrected chi connectivity index (χ1v) is 12.2. The number of aromatic nitrogens is 2. The maximum absolute atomic E-state index is 6.11. The average molecular weight is 454 g/mol. The van der Waals surface area contributed by atoms with Crippen LogP contribution in [0.3, 0.4) is 0 Å². The highest BCUT2D eigenvalue weighted by molar-refractivity contribution is 5.83. The molecule has 5 nitrogen and oxygen atoms in total. The molecule has 0 unspecified atom stereocenters. The predicted octanol–water partition coefficient (Wildman–Crippen LogP) is 6.35. The van der Waals surface area contributed by atoms with Gasteiger partial charge in [-0.15, -0.1) is 10.2 Å². The van der Waals surface area contributed by atoms with Crippen molar-refractivity contribution >= 4 is 22.9 Å². The molecule has 0 radical (unpaired) electrons. The Morgan fingerprint density at radius 2 is 1.74 bits per heavy atom. The van der Waals surface area contributed by atoms with E-state index in [1.807, 2.05) is 36.4 Å². The van der Waals surface area contributed by atoms with E-state index in [0.29, 0.717) is 24.3 Å². The summed E-state index contributed by atoms with van der Waals surface area (Å²) in [4.78, 5) is 2.57. The maximum Gasteiger partial charge on any atom is 0.240 e. The lowest BCUT2D eigenvalue weighted by molar-refractivity contribution is 0.193. The van der Waals surface area contributed by atoms with Gasteiger partial charge in [-0.05, 0) is 66.7 Å². The molecule has 4 aromatic rings. The van der Waals surface area contributed by atoms with Crippen LogP contribution in [-0.4, -0.2) is 41.3 Å². The van der Waals surface area contributed by atoms with Crippen LogP contribution in [0.2, 0.25) is 0 Å². The quantitative estimate of drug-likeness (QED) is 0.291. The molecule has 0 aliphatic carbocycles. The molecule has 1 aliphatic heterocycles. The third-order valence-corrected chi connectivity index (χ3v) is 6.57. The monoisotopic (exact) mass is 453 g/mol. The summed E-state index contributed by atoms with van der Waals surface area (Å²) in [6.45, 7) is 5.87. The number of aryl methyl sites for hydroxylation is 1. The first-order chi connectivity index (χ1) is 16.7. The Morgan fingerprint density at radius 3 is 2.56 bits per heavy atom. The molecule has 0 amide bonds. The number of piperidine rings is 1. The number of nitrogens with zero attached hydrogens (tertiary/aromatic N) is 3. The van der Waals surface area contributed by atoms with Crippen LogP contribution in [0.1, 0.15) is 48.1 Å². The number of ether oxygens (including phenoxy) is 1. The predicted molar refractivity (Wildman–Crippen MR) is 137 cm³/mol. The fourth-order valence-corrected chi connectivity index (χ4v) is 4.71. The van der Waals surface area contributed by atoms with Gasteiger partial charge in [0.15, 0.2) is 0 Å². The number of fused-ring (bicyclic) bond motifs is 1. The number of para-hydroxylation sites is 1. The average Bonchev–Trinajstić information content (AvgIpc) is 3.31. The zero-order chi connectivity index (χ0) is 23.2. The second kappa shape index (κ2) is 10.7. The fraction of sp³-hybridized carbons (Fsp3) is 0.310. The Balaban J connectivity index is 1.08. The smallest absolute Gasteiger partial charge is 0.240 e. The highest BCUT2D eigenvalue weighted by atomic mass is 16.5. The second-order valence-electron chi connectivity index (χ2n) is 8.95. The van der Waals surface area contributed by atoms with Gasteiger partial charge in [0.2, 0.25) is 11.8 Å². The standard InChI is InChI=1S/C29H31N3O2/c1-22-30-31-29(34-22)14-13-25-8-4-5-10-28(25)33-20-6-17-32-18-15-24(16-19-32)27-12-11-23-7-2-3-9-26(23)21-27/h2-5,7-14,21,24H,6,15-20H2,1H3/b14-13+. The summed E-state index contributed by atoms with van der Waals surface area (Å²) in [5.74, 6) is 2.60. The van der Waals surface area contributed by atoms with Crippen molar-refractivity contribution in [2.45, 2.75) is 32.1 Å². The van der Waals surface area contributed by atoms with E-state index >= 15 is 0 Å². The van der Waals surface area contributed by atoms with Gasteiger partial charge in [0.05, 0.1) is 6.61 Å². The summed E-state index contributed by atoms with van der Waals surface area (Å²) in [5, 5.41) is 10.5. The number of likely N-dealkylation sites (tertiary alicyclic amines) is 1. The summed E-state index contributed by atoms with van der Waals surface area (Å²) in [6, 6.07) is 23.7. The highest BCUT2D eigenvalue weighted by Gasteiger charge is 2.20. The van der Waals surface area contributed by atoms with Crippen molar-refractivity contribution in [3.05, 3.63) is 89.6 Å². The summed E-state index contributed by atoms with van der Waals surface area (Å²) in [7, 11) is 0. The second-order valence-corrected chi connectivity index (χ2v) is 8.95. The Labute approximate surface area is 201 Å². The molecule has 1 fully saturated rings. The highest BCUT2D eigenvalue weighted by Crippen LogP contribution is 2.30. The van der Waals surface area contributed by atoms with Crippen molar-refractivity contribution in [3.63, 3.8) is 0 Å². The van der Waals surface area contributed by atoms with Gasteiger partial charge in [-0.2, -0.15) is 0 Å². The first kappa shape index (κ1) is 22.4. The number of benzene rings is 3. The molecule has 0 saturated carbocycles. The minimum atomic E-state index is 0.499. The third-order valence-electron chi connectivity index (χ3n) is 6.57. The van der Waals surface area contributed by atoms with Gasteiger partial charge in [0.1, 0.15) is 5.75 Å². The lowest BCUT2D eigenvalue weighted by Crippen LogP contribution is -2.34. The summed E-state index contributed by atoms with van der Waals surface area (Å²) in [6.07, 6.45) is 7.24. The van der Waals surface area contributed by atoms with Gasteiger partial charge in [0.25, 0.3) is 0 Å². The third kappa shape index (κ3) is 5.54. The topological polar surface area (TPSA) is 51.4 Å². The molecule has 34 heavy (non-hydrogen) atoms. The molecular formula is C29H31N3O2. The van der Waals surface area contributed by atoms with E-state index < -0.39 is 0 Å². The number of hydrogen-bond acceptors (Lipinski definition) is 5. The van der Waals surface area contributed by atoms with Crippen molar-refractivity contribution in [2.75, 3.05) is 26.2 Å². The molecule has 0 spiro atoms. The van der Waals surface area contributed by atoms with Gasteiger partial charge in [0, 0.05) is 25.1 Å². The molecule has 1 aromatic heterocycles. The Morgan fingerprint density at radius 1 is 0.941 bits per heavy atom. The molecule has 5 heteroatoms. The molecule has 0 atom stereocenters. The summed E-state index contributed by atoms with van der Waals surface area (Å²) in [5.41, 5.74) is 2.50. The zero-order valence-electron chi connectivity index (χ0n) is 19.7. The summed E-state index contributed by atoms with van der Waals surface area (Å²) < 4.78 is 11.5. The lowest BCUT2D eigenvalue weighted by atomic mass is 9.88. The maximum atomic E-state index is 6.11. The SMILES string of the molecule is Cc1nnc(/C=C/c2ccccc2OCCCN2CCC(c3ccc4ccccc4c3)CC2)o1. The molecule has 3 aromatic carbocycles. The molecule has 2 heterocycles. The molecule has 0 bridgehead atoms. The Kier molecular flexibility index (Phi) is 7.01. The van der Waals surface area contributed by atoms with Crippen LogP contribution in [0.15, 0.2) is 71.1 Å². The minimum Gasteiger partial charge on any atom is -0.493 e. The van der Waals surface area contributed by atoms with E-state index in [9.17, 15) is 0 Å². The molecule has 5 rings (SSSR count). The fourth-order valence-electron chi connectivity index (χ4n) is 4.71. The van der Waals surface area contributed by atoms with Crippen molar-refractivity contribution in [3.8, 4) is 5.75 Å². The van der Waals surface area contributed by atoms with Gasteiger partial charge in [-0.3, -0.25) is 0 Å². The van der Waals surface area contributed by atoms with Gasteiger partial charge in [-0.25, -0.2) is 0 Å². The van der Waals surface area contributed by atoms with E-state index in [0.717, 1.165) is 37.4 Å². The van der Waals surface area contributed by atoms with E-state index in [1.54, 1.807) is 6.92 Å². The van der Waals surface area contributed by atoms with Crippen LogP contribution in [0.5, 0.6) is 5.75 Å². The number of hydrogen-bond donors (Lipinski definition) is 0. The molecular weight excluding hydrogens is 422 g/mol. The van der Waals surface area contributed by atoms with E-state index in [1.165, 1.54) is 29.2 Å². The van der Waals surface area contributed by atoms with Crippen molar-refractivity contribution in [2.24, 2.45) is 0 Å². The largest absolute Gasteiger partial charge is 0.493 e. The Hall–Kier alpha value is -3.44. The molecule has 1 saturated heterocycles. The van der Waals surface area contributed by atoms with Gasteiger partial charge >= 0.3 is 0 Å². The minimum absolute atomic E-state index is 0.499. The molecule has 0 N–H and O–H groups in total. The van der Waals surface area contributed by atoms with Crippen molar-refractivity contribution in [1.29, 1.82) is 0 Å². The Bertz CT molecular complexity index is 1250. The van der Waals surface area contributed by atoms with E-state index in [-0.39, 0.29) is 0 Å². The van der Waals surface area contributed by atoms with Crippen LogP contribution >= 0.6 is 0 Å². The van der Waals surface area contributed by atoms with Crippen molar-refractivity contribution < 1.29 is 9.15 Å². The first-order valence-electron chi connectivity index (χ1n) is 12.2. The van der Waals surface area contributed by atoms with Crippen LogP contribution in [0, 0.1) is 6.92 Å². The van der Waals surface area contributed by atoms with Crippen LogP contribution in [0.4, 0.5) is 0 Å². The zero-order valence-corrected chi connectivity index (χ0v) is 19.7. The van der Waals surface area contributed by atoms with Crippen LogP contribution in [0.25, 0.3) is 22.9 Å². The summed E-state index contributed by atoms with van der Waals surface area (Å²) >= 11 is 0. The van der Waals surface area contributed by atoms with Gasteiger partial charge < -0.3 is 14.1 Å². The van der Waals surface area contributed by atoms with E-state index in [4.69, 9.17) is 9.15 Å². The van der Waals surface area contributed by atoms with Crippen LogP contribution in [-0.2, 0) is 0 Å². The molecule has 174 valence electrons. The van der Waals surface area contributed by atoms with Gasteiger partial charge in [-0.1, -0.05) is 60.7 Å². The normalized spacial score (nSPS) is 15.3. The lowest BCUT2D eigenvalue weighted by Gasteiger charge is -2.32. The van der Waals surface area contributed by atoms with E-state index in [2.05, 4.69) is 57.6 Å².